The van der Waals surface area contributed by atoms with Crippen LogP contribution in [0.3, 0.4) is 0 Å². The van der Waals surface area contributed by atoms with Gasteiger partial charge in [-0.1, -0.05) is 0 Å². The van der Waals surface area contributed by atoms with E-state index in [1.165, 1.54) is 26.2 Å². The molecule has 0 saturated carbocycles. The van der Waals surface area contributed by atoms with Crippen molar-refractivity contribution in [3.05, 3.63) is 47.3 Å². The van der Waals surface area contributed by atoms with Gasteiger partial charge in [-0.25, -0.2) is 12.7 Å². The topological polar surface area (TPSA) is 129 Å². The monoisotopic (exact) mass is 405 g/mol. The average Bonchev–Trinajstić information content (AvgIpc) is 3.18. The lowest BCUT2D eigenvalue weighted by molar-refractivity contribution is 0.0712. The molecule has 1 aliphatic heterocycles. The highest BCUT2D eigenvalue weighted by Gasteiger charge is 2.26. The number of nitrogens with two attached hydrogens (primary N) is 1. The van der Waals surface area contributed by atoms with E-state index in [0.29, 0.717) is 18.7 Å². The van der Waals surface area contributed by atoms with Gasteiger partial charge in [0.15, 0.2) is 0 Å². The summed E-state index contributed by atoms with van der Waals surface area (Å²) in [4.78, 5) is 25.8. The van der Waals surface area contributed by atoms with Gasteiger partial charge in [0, 0.05) is 44.4 Å². The van der Waals surface area contributed by atoms with Gasteiger partial charge in [-0.15, -0.1) is 0 Å². The van der Waals surface area contributed by atoms with Crippen LogP contribution in [0.2, 0.25) is 0 Å². The van der Waals surface area contributed by atoms with Crippen molar-refractivity contribution in [2.75, 3.05) is 27.2 Å². The number of sulfonamides is 1. The van der Waals surface area contributed by atoms with Gasteiger partial charge < -0.3 is 10.6 Å². The highest BCUT2D eigenvalue weighted by molar-refractivity contribution is 7.89. The van der Waals surface area contributed by atoms with Crippen LogP contribution >= 0.6 is 0 Å². The van der Waals surface area contributed by atoms with Gasteiger partial charge >= 0.3 is 0 Å². The van der Waals surface area contributed by atoms with Crippen LogP contribution in [0.15, 0.2) is 35.2 Å². The van der Waals surface area contributed by atoms with Crippen LogP contribution in [0.1, 0.15) is 45.3 Å². The van der Waals surface area contributed by atoms with Crippen molar-refractivity contribution in [2.24, 2.45) is 5.73 Å². The Bertz CT molecular complexity index is 974. The molecule has 0 radical (unpaired) electrons. The zero-order chi connectivity index (χ0) is 20.5. The molecule has 1 fully saturated rings. The number of H-pyrrole nitrogens is 1. The third kappa shape index (κ3) is 3.92. The Kier molecular flexibility index (Phi) is 5.52. The second-order valence-electron chi connectivity index (χ2n) is 6.95. The first-order valence-electron chi connectivity index (χ1n) is 8.87. The minimum atomic E-state index is -3.52. The van der Waals surface area contributed by atoms with Crippen molar-refractivity contribution in [3.63, 3.8) is 0 Å². The van der Waals surface area contributed by atoms with Gasteiger partial charge in [-0.2, -0.15) is 5.10 Å². The Morgan fingerprint density at radius 2 is 1.79 bits per heavy atom. The quantitative estimate of drug-likeness (QED) is 0.759. The molecule has 28 heavy (non-hydrogen) atoms. The summed E-state index contributed by atoms with van der Waals surface area (Å²) in [6.45, 7) is 1.12. The SMILES string of the molecule is CN(C)S(=O)(=O)c1ccc(C(=O)N2CCC(c3cc(C(N)=O)n[nH]3)CC2)cc1. The molecule has 150 valence electrons. The molecule has 2 aromatic rings. The molecule has 3 N–H and O–H groups in total. The molecule has 0 bridgehead atoms. The average molecular weight is 405 g/mol. The second kappa shape index (κ2) is 7.72. The van der Waals surface area contributed by atoms with Crippen LogP contribution in [0.4, 0.5) is 0 Å². The van der Waals surface area contributed by atoms with Gasteiger partial charge in [-0.3, -0.25) is 14.7 Å². The highest BCUT2D eigenvalue weighted by atomic mass is 32.2. The number of amides is 2. The summed E-state index contributed by atoms with van der Waals surface area (Å²) in [5, 5.41) is 6.75. The lowest BCUT2D eigenvalue weighted by Gasteiger charge is -2.31. The van der Waals surface area contributed by atoms with E-state index in [9.17, 15) is 18.0 Å². The molecule has 9 nitrogen and oxygen atoms in total. The summed E-state index contributed by atoms with van der Waals surface area (Å²) < 4.78 is 25.4. The number of hydrogen-bond acceptors (Lipinski definition) is 5. The smallest absolute Gasteiger partial charge is 0.269 e. The van der Waals surface area contributed by atoms with E-state index in [0.717, 1.165) is 22.8 Å². The van der Waals surface area contributed by atoms with Crippen molar-refractivity contribution in [1.82, 2.24) is 19.4 Å². The lowest BCUT2D eigenvalue weighted by atomic mass is 9.93. The Hall–Kier alpha value is -2.72. The van der Waals surface area contributed by atoms with Crippen LogP contribution in [-0.4, -0.2) is 66.8 Å². The summed E-state index contributed by atoms with van der Waals surface area (Å²) >= 11 is 0. The number of primary amides is 1. The van der Waals surface area contributed by atoms with Gasteiger partial charge in [0.05, 0.1) is 4.90 Å². The molecule has 0 atom stereocenters. The molecule has 0 unspecified atom stereocenters. The van der Waals surface area contributed by atoms with Gasteiger partial charge in [0.2, 0.25) is 10.0 Å². The summed E-state index contributed by atoms with van der Waals surface area (Å²) in [5.74, 6) is -0.526. The maximum atomic E-state index is 12.7. The maximum absolute atomic E-state index is 12.7. The number of rotatable bonds is 5. The predicted octanol–water partition coefficient (Wildman–Crippen LogP) is 0.779. The van der Waals surface area contributed by atoms with E-state index in [1.807, 2.05) is 0 Å². The molecule has 3 rings (SSSR count). The fourth-order valence-electron chi connectivity index (χ4n) is 3.23. The number of carbonyl (C=O) groups excluding carboxylic acids is 2. The number of piperidine rings is 1. The molecule has 2 heterocycles. The van der Waals surface area contributed by atoms with E-state index in [2.05, 4.69) is 10.2 Å². The maximum Gasteiger partial charge on any atom is 0.269 e. The van der Waals surface area contributed by atoms with Gasteiger partial charge in [-0.05, 0) is 43.2 Å². The second-order valence-corrected chi connectivity index (χ2v) is 9.10. The van der Waals surface area contributed by atoms with Crippen molar-refractivity contribution < 1.29 is 18.0 Å². The lowest BCUT2D eigenvalue weighted by Crippen LogP contribution is -2.38. The molecule has 2 amide bonds. The first-order chi connectivity index (χ1) is 13.2. The minimum absolute atomic E-state index is 0.130. The number of aromatic amines is 1. The molecular formula is C18H23N5O4S. The number of aromatic nitrogens is 2. The number of likely N-dealkylation sites (tertiary alicyclic amines) is 1. The van der Waals surface area contributed by atoms with E-state index < -0.39 is 15.9 Å². The Morgan fingerprint density at radius 3 is 2.29 bits per heavy atom. The van der Waals surface area contributed by atoms with Crippen molar-refractivity contribution >= 4 is 21.8 Å². The molecular weight excluding hydrogens is 382 g/mol. The van der Waals surface area contributed by atoms with E-state index in [4.69, 9.17) is 5.73 Å². The van der Waals surface area contributed by atoms with Crippen LogP contribution in [0, 0.1) is 0 Å². The first-order valence-corrected chi connectivity index (χ1v) is 10.3. The Labute approximate surface area is 163 Å². The van der Waals surface area contributed by atoms with Crippen LogP contribution in [0.25, 0.3) is 0 Å². The zero-order valence-corrected chi connectivity index (χ0v) is 16.6. The standard InChI is InChI=1S/C18H23N5O4S/c1-22(2)28(26,27)14-5-3-13(4-6-14)18(25)23-9-7-12(8-10-23)15-11-16(17(19)24)21-20-15/h3-6,11-12H,7-10H2,1-2H3,(H2,19,24)(H,20,21). The van der Waals surface area contributed by atoms with Crippen molar-refractivity contribution in [3.8, 4) is 0 Å². The van der Waals surface area contributed by atoms with E-state index in [1.54, 1.807) is 23.1 Å². The molecule has 1 aromatic carbocycles. The number of benzene rings is 1. The number of nitrogens with one attached hydrogen (secondary N) is 1. The van der Waals surface area contributed by atoms with Crippen molar-refractivity contribution in [2.45, 2.75) is 23.7 Å². The predicted molar refractivity (Wildman–Crippen MR) is 102 cm³/mol. The van der Waals surface area contributed by atoms with E-state index in [-0.39, 0.29) is 22.4 Å². The van der Waals surface area contributed by atoms with E-state index >= 15 is 0 Å². The summed E-state index contributed by atoms with van der Waals surface area (Å²) in [5.41, 5.74) is 6.73. The number of carbonyl (C=O) groups is 2. The van der Waals surface area contributed by atoms with Crippen molar-refractivity contribution in [1.29, 1.82) is 0 Å². The Balaban J connectivity index is 1.64. The first kappa shape index (κ1) is 20.0. The van der Waals surface area contributed by atoms with Crippen LogP contribution < -0.4 is 5.73 Å². The largest absolute Gasteiger partial charge is 0.364 e. The zero-order valence-electron chi connectivity index (χ0n) is 15.8. The summed E-state index contributed by atoms with van der Waals surface area (Å²) in [7, 11) is -0.594. The molecule has 1 saturated heterocycles. The van der Waals surface area contributed by atoms with Crippen LogP contribution in [0.5, 0.6) is 0 Å². The number of hydrogen-bond donors (Lipinski definition) is 2. The molecule has 1 aromatic heterocycles. The fraction of sp³-hybridized carbons (Fsp3) is 0.389. The van der Waals surface area contributed by atoms with Gasteiger partial charge in [0.25, 0.3) is 11.8 Å². The summed E-state index contributed by atoms with van der Waals surface area (Å²) in [6.07, 6.45) is 1.47. The molecule has 1 aliphatic rings. The normalized spacial score (nSPS) is 15.8. The minimum Gasteiger partial charge on any atom is -0.364 e. The molecule has 0 aliphatic carbocycles. The summed E-state index contributed by atoms with van der Waals surface area (Å²) in [6, 6.07) is 7.64. The third-order valence-electron chi connectivity index (χ3n) is 4.95. The van der Waals surface area contributed by atoms with Gasteiger partial charge in [0.1, 0.15) is 5.69 Å². The third-order valence-corrected chi connectivity index (χ3v) is 6.78. The highest BCUT2D eigenvalue weighted by Crippen LogP contribution is 2.28. The fourth-order valence-corrected chi connectivity index (χ4v) is 4.13. The Morgan fingerprint density at radius 1 is 1.18 bits per heavy atom. The van der Waals surface area contributed by atoms with Crippen LogP contribution in [-0.2, 0) is 10.0 Å². The molecule has 0 spiro atoms. The number of nitrogens with zero attached hydrogens (tertiary/aromatic N) is 3. The molecule has 10 heteroatoms.